The summed E-state index contributed by atoms with van der Waals surface area (Å²) in [6, 6.07) is 4.50. The quantitative estimate of drug-likeness (QED) is 0.266. The van der Waals surface area contributed by atoms with Crippen molar-refractivity contribution in [1.29, 1.82) is 0 Å². The van der Waals surface area contributed by atoms with E-state index in [1.165, 1.54) is 28.0 Å². The molecule has 0 amide bonds. The summed E-state index contributed by atoms with van der Waals surface area (Å²) in [5, 5.41) is 3.52. The van der Waals surface area contributed by atoms with Gasteiger partial charge < -0.3 is 15.0 Å². The molecule has 0 spiro atoms. The molecular weight excluding hydrogens is 325 g/mol. The third kappa shape index (κ3) is 3.35. The van der Waals surface area contributed by atoms with E-state index in [-0.39, 0.29) is 68.7 Å². The van der Waals surface area contributed by atoms with Crippen LogP contribution in [0.1, 0.15) is 0 Å². The number of thiazole rings is 1. The van der Waals surface area contributed by atoms with Crippen molar-refractivity contribution < 1.29 is 64.4 Å². The molecule has 0 radical (unpaired) electrons. The van der Waals surface area contributed by atoms with Gasteiger partial charge in [0.25, 0.3) is 0 Å². The average Bonchev–Trinajstić information content (AvgIpc) is 2.54. The van der Waals surface area contributed by atoms with Crippen LogP contribution in [-0.4, -0.2) is 17.5 Å². The molecule has 1 aromatic carbocycles. The number of fused-ring (bicyclic) bond motifs is 1. The second-order valence-corrected chi connectivity index (χ2v) is 5.49. The van der Waals surface area contributed by atoms with E-state index in [4.69, 9.17) is 5.84 Å². The van der Waals surface area contributed by atoms with Crippen LogP contribution in [0.4, 0.5) is 0 Å². The third-order valence-electron chi connectivity index (χ3n) is 2.17. The van der Waals surface area contributed by atoms with Crippen molar-refractivity contribution in [1.82, 2.24) is 4.57 Å². The molecule has 0 fully saturated rings. The van der Waals surface area contributed by atoms with Gasteiger partial charge in [-0.25, -0.2) is 8.42 Å². The summed E-state index contributed by atoms with van der Waals surface area (Å²) >= 11 is 1.22. The summed E-state index contributed by atoms with van der Waals surface area (Å²) < 4.78 is 35.4. The zero-order valence-electron chi connectivity index (χ0n) is 9.65. The molecule has 1 heterocycles. The van der Waals surface area contributed by atoms with Gasteiger partial charge in [0.1, 0.15) is 10.1 Å². The van der Waals surface area contributed by atoms with Crippen LogP contribution in [0.3, 0.4) is 0 Å². The minimum atomic E-state index is -4.49. The molecule has 94 valence electrons. The van der Waals surface area contributed by atoms with Crippen LogP contribution < -0.4 is 62.0 Å². The zero-order chi connectivity index (χ0) is 11.9. The largest absolute Gasteiger partial charge is 1.00 e. The molecule has 0 unspecified atom stereocenters. The number of rotatable bonds is 1. The Balaban J connectivity index is 0.00000144. The van der Waals surface area contributed by atoms with Crippen LogP contribution in [0.15, 0.2) is 28.2 Å². The van der Waals surface area contributed by atoms with E-state index in [1.807, 2.05) is 0 Å². The van der Waals surface area contributed by atoms with Gasteiger partial charge in [0.15, 0.2) is 0 Å². The van der Waals surface area contributed by atoms with Crippen molar-refractivity contribution in [2.45, 2.75) is 4.90 Å². The first-order valence-electron chi connectivity index (χ1n) is 4.23. The topological polar surface area (TPSA) is 101 Å². The van der Waals surface area contributed by atoms with Crippen LogP contribution >= 0.6 is 23.7 Å². The molecule has 10 heteroatoms. The molecule has 0 aliphatic carbocycles. The van der Waals surface area contributed by atoms with Gasteiger partial charge >= 0.3 is 51.4 Å². The molecule has 2 N–H and O–H groups in total. The molecule has 18 heavy (non-hydrogen) atoms. The minimum absolute atomic E-state index is 0. The molecule has 0 bridgehead atoms. The predicted molar refractivity (Wildman–Crippen MR) is 65.8 cm³/mol. The Bertz CT molecular complexity index is 723. The first kappa shape index (κ1) is 18.5. The van der Waals surface area contributed by atoms with Gasteiger partial charge in [0.05, 0.1) is 15.1 Å². The van der Waals surface area contributed by atoms with Crippen LogP contribution in [-0.2, 0) is 17.2 Å². The van der Waals surface area contributed by atoms with E-state index >= 15 is 0 Å². The Morgan fingerprint density at radius 3 is 2.56 bits per heavy atom. The molecule has 0 aliphatic heterocycles. The third-order valence-corrected chi connectivity index (χ3v) is 4.14. The molecule has 0 saturated heterocycles. The van der Waals surface area contributed by atoms with E-state index in [0.717, 1.165) is 0 Å². The van der Waals surface area contributed by atoms with Gasteiger partial charge in [-0.1, -0.05) is 17.4 Å². The number of benzene rings is 1. The fourth-order valence-corrected chi connectivity index (χ4v) is 3.25. The molecule has 0 saturated carbocycles. The van der Waals surface area contributed by atoms with Gasteiger partial charge in [-0.3, -0.25) is 0 Å². The summed E-state index contributed by atoms with van der Waals surface area (Å²) in [6.07, 6.45) is 0. The van der Waals surface area contributed by atoms with Crippen LogP contribution in [0, 0.1) is 0 Å². The van der Waals surface area contributed by atoms with Crippen molar-refractivity contribution in [2.75, 3.05) is 0 Å². The predicted octanol–water partition coefficient (Wildman–Crippen LogP) is -2.66. The minimum Gasteiger partial charge on any atom is -0.744 e. The maximum atomic E-state index is 11.1. The van der Waals surface area contributed by atoms with E-state index < -0.39 is 10.1 Å². The maximum absolute atomic E-state index is 11.1. The summed E-state index contributed by atoms with van der Waals surface area (Å²) in [5.41, 5.74) is 0.340. The monoisotopic (exact) mass is 333 g/mol. The normalized spacial score (nSPS) is 12.0. The molecule has 2 rings (SSSR count). The zero-order valence-corrected chi connectivity index (χ0v) is 15.2. The Kier molecular flexibility index (Phi) is 7.02. The number of para-hydroxylation sites is 1. The first-order valence-corrected chi connectivity index (χ1v) is 6.46. The van der Waals surface area contributed by atoms with Crippen molar-refractivity contribution >= 4 is 44.1 Å². The van der Waals surface area contributed by atoms with Gasteiger partial charge in [-0.2, -0.15) is 5.10 Å². The number of hydrogen-bond donors (Lipinski definition) is 1. The number of nitrogens with two attached hydrogens (primary N) is 1. The second kappa shape index (κ2) is 6.82. The number of hydrogen-bond acceptors (Lipinski definition) is 6. The summed E-state index contributed by atoms with van der Waals surface area (Å²) in [6.45, 7) is 0. The summed E-state index contributed by atoms with van der Waals surface area (Å²) in [5.74, 6) is 5.16. The van der Waals surface area contributed by atoms with Crippen LogP contribution in [0.25, 0.3) is 10.2 Å². The first-order chi connectivity index (χ1) is 7.45. The number of halogens is 1. The molecule has 0 aliphatic rings. The Labute approximate surface area is 156 Å². The Hall–Kier alpha value is 0.546. The average molecular weight is 334 g/mol. The Morgan fingerprint density at radius 2 is 2.06 bits per heavy atom. The second-order valence-electron chi connectivity index (χ2n) is 3.13. The van der Waals surface area contributed by atoms with E-state index in [2.05, 4.69) is 5.10 Å². The van der Waals surface area contributed by atoms with Gasteiger partial charge in [-0.15, -0.1) is 12.4 Å². The number of nitrogens with zero attached hydrogens (tertiary/aromatic N) is 2. The standard InChI is InChI=1S/C8H9N3O3S2.ClH.K/c1-11-7-5(15-8(11)10-9)3-2-4-6(7)16(12,13)14;;/h2-4H,9H2,1H3,(H,12,13,14);1H;/q;;+1/p-1/b10-8-;;. The molecule has 0 atom stereocenters. The fourth-order valence-electron chi connectivity index (χ4n) is 1.49. The van der Waals surface area contributed by atoms with Crippen molar-refractivity contribution in [3.63, 3.8) is 0 Å². The molecule has 6 nitrogen and oxygen atoms in total. The Morgan fingerprint density at radius 1 is 1.44 bits per heavy atom. The summed E-state index contributed by atoms with van der Waals surface area (Å²) in [7, 11) is -2.88. The van der Waals surface area contributed by atoms with Gasteiger partial charge in [-0.05, 0) is 12.1 Å². The SMILES string of the molecule is Cl.Cn1/c(=N/N)sc2cccc(S(=O)(=O)[O-])c21.[K+]. The number of aromatic nitrogens is 1. The van der Waals surface area contributed by atoms with Crippen LogP contribution in [0.5, 0.6) is 0 Å². The van der Waals surface area contributed by atoms with Gasteiger partial charge in [0.2, 0.25) is 4.80 Å². The fraction of sp³-hybridized carbons (Fsp3) is 0.125. The molecule has 1 aromatic heterocycles. The van der Waals surface area contributed by atoms with E-state index in [1.54, 1.807) is 13.1 Å². The van der Waals surface area contributed by atoms with Gasteiger partial charge in [0, 0.05) is 7.05 Å². The van der Waals surface area contributed by atoms with Crippen molar-refractivity contribution in [3.05, 3.63) is 23.0 Å². The number of aryl methyl sites for hydroxylation is 1. The van der Waals surface area contributed by atoms with Crippen molar-refractivity contribution in [2.24, 2.45) is 18.0 Å². The van der Waals surface area contributed by atoms with E-state index in [9.17, 15) is 13.0 Å². The smallest absolute Gasteiger partial charge is 0.744 e. The maximum Gasteiger partial charge on any atom is 1.00 e. The van der Waals surface area contributed by atoms with Crippen LogP contribution in [0.2, 0.25) is 0 Å². The molecular formula is C8H9ClKN3O3S2. The summed E-state index contributed by atoms with van der Waals surface area (Å²) in [4.78, 5) is 0.199. The van der Waals surface area contributed by atoms with E-state index in [0.29, 0.717) is 15.0 Å². The molecule has 2 aromatic rings. The van der Waals surface area contributed by atoms with Crippen molar-refractivity contribution in [3.8, 4) is 0 Å².